The molecule has 0 saturated carbocycles. The van der Waals surface area contributed by atoms with Gasteiger partial charge in [-0.3, -0.25) is 4.52 Å². The van der Waals surface area contributed by atoms with Gasteiger partial charge in [-0.15, -0.1) is 10.2 Å². The van der Waals surface area contributed by atoms with Gasteiger partial charge in [0.2, 0.25) is 0 Å². The highest BCUT2D eigenvalue weighted by atomic mass is 32.1. The summed E-state index contributed by atoms with van der Waals surface area (Å²) < 4.78 is 101. The minimum atomic E-state index is -4.80. The third-order valence-electron chi connectivity index (χ3n) is 5.60. The number of unbranched alkanes of at least 4 members (excludes halogenated alkanes) is 2. The van der Waals surface area contributed by atoms with Gasteiger partial charge in [0, 0.05) is 5.56 Å². The maximum atomic E-state index is 13.8. The monoisotopic (exact) mass is 613 g/mol. The molecule has 1 unspecified atom stereocenters. The first-order valence-electron chi connectivity index (χ1n) is 11.8. The van der Waals surface area contributed by atoms with Gasteiger partial charge in [-0.05, 0) is 62.4 Å². The molecular weight excluding hydrogens is 587 g/mol. The van der Waals surface area contributed by atoms with Gasteiger partial charge in [0.05, 0.1) is 29.9 Å². The smallest absolute Gasteiger partial charge is 0.469 e. The van der Waals surface area contributed by atoms with Gasteiger partial charge in [0.1, 0.15) is 15.8 Å². The lowest BCUT2D eigenvalue weighted by Gasteiger charge is -2.21. The topological polar surface area (TPSA) is 128 Å². The number of nitrogens with zero attached hydrogens (tertiary/aromatic N) is 2. The van der Waals surface area contributed by atoms with E-state index in [9.17, 15) is 30.9 Å². The number of aromatic nitrogens is 2. The molecule has 3 aromatic rings. The second-order valence-electron chi connectivity index (χ2n) is 9.16. The highest BCUT2D eigenvalue weighted by Crippen LogP contribution is 2.41. The van der Waals surface area contributed by atoms with E-state index in [1.54, 1.807) is 6.07 Å². The molecule has 40 heavy (non-hydrogen) atoms. The van der Waals surface area contributed by atoms with Crippen LogP contribution in [0.25, 0.3) is 10.6 Å². The van der Waals surface area contributed by atoms with Crippen LogP contribution in [0.15, 0.2) is 42.5 Å². The van der Waals surface area contributed by atoms with Gasteiger partial charge in [-0.2, -0.15) is 26.3 Å². The molecule has 8 nitrogen and oxygen atoms in total. The molecule has 2 aromatic carbocycles. The first kappa shape index (κ1) is 32.0. The van der Waals surface area contributed by atoms with E-state index in [2.05, 4.69) is 14.7 Å². The zero-order chi connectivity index (χ0) is 29.8. The summed E-state index contributed by atoms with van der Waals surface area (Å²) in [6.07, 6.45) is -7.32. The molecule has 0 saturated heterocycles. The molecule has 0 spiro atoms. The summed E-state index contributed by atoms with van der Waals surface area (Å²) in [6.45, 7) is 0.746. The van der Waals surface area contributed by atoms with E-state index in [0.29, 0.717) is 31.2 Å². The van der Waals surface area contributed by atoms with E-state index in [4.69, 9.17) is 20.3 Å². The number of rotatable bonds is 12. The van der Waals surface area contributed by atoms with Gasteiger partial charge >= 0.3 is 20.2 Å². The highest BCUT2D eigenvalue weighted by Gasteiger charge is 2.36. The minimum Gasteiger partial charge on any atom is -0.493 e. The number of phosphoric ester groups is 1. The number of benzene rings is 2. The number of alkyl halides is 6. The zero-order valence-corrected chi connectivity index (χ0v) is 22.7. The summed E-state index contributed by atoms with van der Waals surface area (Å²) in [4.78, 5) is 17.8. The molecule has 0 fully saturated rings. The SMILES string of the molecule is CC(N)(COP(=O)(O)O)c1nnc(-c2ccc(OCCCCCc3cccc(C(F)(F)F)c3)c(C(F)(F)F)c2)s1. The van der Waals surface area contributed by atoms with Crippen molar-refractivity contribution in [1.29, 1.82) is 0 Å². The van der Waals surface area contributed by atoms with Crippen LogP contribution >= 0.6 is 19.2 Å². The summed E-state index contributed by atoms with van der Waals surface area (Å²) in [5.41, 5.74) is 3.37. The van der Waals surface area contributed by atoms with E-state index in [0.717, 1.165) is 35.6 Å². The average molecular weight is 614 g/mol. The fraction of sp³-hybridized carbons (Fsp3) is 0.417. The maximum absolute atomic E-state index is 13.8. The van der Waals surface area contributed by atoms with Gasteiger partial charge in [0.25, 0.3) is 0 Å². The van der Waals surface area contributed by atoms with E-state index >= 15 is 0 Å². The van der Waals surface area contributed by atoms with Gasteiger partial charge in [0.15, 0.2) is 0 Å². The lowest BCUT2D eigenvalue weighted by atomic mass is 10.0. The Hall–Kier alpha value is -2.55. The third-order valence-corrected chi connectivity index (χ3v) is 7.32. The molecule has 0 aliphatic rings. The second-order valence-corrected chi connectivity index (χ2v) is 11.4. The van der Waals surface area contributed by atoms with Crippen molar-refractivity contribution in [3.05, 3.63) is 64.2 Å². The zero-order valence-electron chi connectivity index (χ0n) is 21.0. The van der Waals surface area contributed by atoms with Crippen LogP contribution in [0.3, 0.4) is 0 Å². The van der Waals surface area contributed by atoms with Crippen molar-refractivity contribution >= 4 is 19.2 Å². The molecule has 0 aliphatic carbocycles. The number of hydrogen-bond donors (Lipinski definition) is 3. The first-order chi connectivity index (χ1) is 18.5. The Bertz CT molecular complexity index is 1340. The molecule has 0 aliphatic heterocycles. The molecule has 3 rings (SSSR count). The first-order valence-corrected chi connectivity index (χ1v) is 14.1. The molecule has 1 aromatic heterocycles. The van der Waals surface area contributed by atoms with Crippen LogP contribution in [0.1, 0.15) is 47.9 Å². The Morgan fingerprint density at radius 1 is 0.975 bits per heavy atom. The van der Waals surface area contributed by atoms with Crippen LogP contribution < -0.4 is 10.5 Å². The summed E-state index contributed by atoms with van der Waals surface area (Å²) >= 11 is 0.845. The van der Waals surface area contributed by atoms with Gasteiger partial charge in [-0.25, -0.2) is 4.57 Å². The Labute approximate surface area is 229 Å². The molecule has 0 amide bonds. The maximum Gasteiger partial charge on any atom is 0.469 e. The van der Waals surface area contributed by atoms with Crippen LogP contribution in [0.2, 0.25) is 0 Å². The Kier molecular flexibility index (Phi) is 10.0. The van der Waals surface area contributed by atoms with Crippen molar-refractivity contribution in [2.24, 2.45) is 5.73 Å². The van der Waals surface area contributed by atoms with E-state index in [1.165, 1.54) is 19.1 Å². The van der Waals surface area contributed by atoms with Crippen LogP contribution in [0.4, 0.5) is 26.3 Å². The largest absolute Gasteiger partial charge is 0.493 e. The predicted molar refractivity (Wildman–Crippen MR) is 134 cm³/mol. The Balaban J connectivity index is 1.61. The fourth-order valence-electron chi connectivity index (χ4n) is 3.55. The van der Waals surface area contributed by atoms with Crippen molar-refractivity contribution in [3.8, 4) is 16.3 Å². The molecule has 1 atom stereocenters. The van der Waals surface area contributed by atoms with Crippen molar-refractivity contribution in [2.75, 3.05) is 13.2 Å². The predicted octanol–water partition coefficient (Wildman–Crippen LogP) is 6.32. The van der Waals surface area contributed by atoms with E-state index in [1.807, 2.05) is 0 Å². The standard InChI is InChI=1S/C24H26F6N3O5PS/c1-22(31,14-38-39(34,35)36)21-33-32-20(40-21)16-9-10-19(18(13-16)24(28,29)30)37-11-4-2-3-6-15-7-5-8-17(12-15)23(25,26)27/h5,7-10,12-13H,2-4,6,11,14,31H2,1H3,(H2,34,35,36). The lowest BCUT2D eigenvalue weighted by molar-refractivity contribution is -0.139. The molecule has 0 radical (unpaired) electrons. The Morgan fingerprint density at radius 3 is 2.35 bits per heavy atom. The van der Waals surface area contributed by atoms with E-state index < -0.39 is 49.2 Å². The van der Waals surface area contributed by atoms with Crippen molar-refractivity contribution in [1.82, 2.24) is 10.2 Å². The van der Waals surface area contributed by atoms with Crippen molar-refractivity contribution in [2.45, 2.75) is 50.5 Å². The molecule has 1 heterocycles. The molecular formula is C24H26F6N3O5PS. The van der Waals surface area contributed by atoms with Crippen molar-refractivity contribution in [3.63, 3.8) is 0 Å². The number of halogens is 6. The highest BCUT2D eigenvalue weighted by molar-refractivity contribution is 7.46. The normalized spacial score (nSPS) is 14.2. The number of hydrogen-bond acceptors (Lipinski definition) is 7. The van der Waals surface area contributed by atoms with Gasteiger partial charge < -0.3 is 20.3 Å². The molecule has 0 bridgehead atoms. The summed E-state index contributed by atoms with van der Waals surface area (Å²) in [5.74, 6) is -0.391. The molecule has 4 N–H and O–H groups in total. The number of nitrogens with two attached hydrogens (primary N) is 1. The number of aryl methyl sites for hydroxylation is 1. The van der Waals surface area contributed by atoms with Gasteiger partial charge in [-0.1, -0.05) is 29.5 Å². The van der Waals surface area contributed by atoms with Crippen LogP contribution in [-0.2, 0) is 33.4 Å². The average Bonchev–Trinajstić information content (AvgIpc) is 3.35. The lowest BCUT2D eigenvalue weighted by Crippen LogP contribution is -2.37. The van der Waals surface area contributed by atoms with Crippen LogP contribution in [-0.4, -0.2) is 33.2 Å². The van der Waals surface area contributed by atoms with Crippen LogP contribution in [0.5, 0.6) is 5.75 Å². The summed E-state index contributed by atoms with van der Waals surface area (Å²) in [6, 6.07) is 8.37. The third kappa shape index (κ3) is 9.25. The second kappa shape index (κ2) is 12.5. The minimum absolute atomic E-state index is 0.0287. The number of ether oxygens (including phenoxy) is 1. The summed E-state index contributed by atoms with van der Waals surface area (Å²) in [7, 11) is -4.80. The fourth-order valence-corrected chi connectivity index (χ4v) is 4.87. The summed E-state index contributed by atoms with van der Waals surface area (Å²) in [5, 5.41) is 7.88. The number of phosphoric acid groups is 1. The van der Waals surface area contributed by atoms with E-state index in [-0.39, 0.29) is 22.2 Å². The van der Waals surface area contributed by atoms with Crippen molar-refractivity contribution < 1.29 is 50.0 Å². The quantitative estimate of drug-likeness (QED) is 0.123. The van der Waals surface area contributed by atoms with Crippen LogP contribution in [0, 0.1) is 0 Å². The molecule has 16 heteroatoms. The Morgan fingerprint density at radius 2 is 1.70 bits per heavy atom. The molecule has 220 valence electrons.